The zero-order valence-electron chi connectivity index (χ0n) is 7.55. The minimum Gasteiger partial charge on any atom is -0.294 e. The van der Waals surface area contributed by atoms with Gasteiger partial charge in [0.25, 0.3) is 0 Å². The van der Waals surface area contributed by atoms with Crippen LogP contribution in [0.15, 0.2) is 11.6 Å². The topological polar surface area (TPSA) is 34.1 Å². The molecule has 0 unspecified atom stereocenters. The van der Waals surface area contributed by atoms with Gasteiger partial charge in [-0.1, -0.05) is 13.8 Å². The lowest BCUT2D eigenvalue weighted by Crippen LogP contribution is -2.14. The fourth-order valence-corrected chi connectivity index (χ4v) is 2.28. The van der Waals surface area contributed by atoms with E-state index in [-0.39, 0.29) is 28.8 Å². The van der Waals surface area contributed by atoms with E-state index in [4.69, 9.17) is 0 Å². The van der Waals surface area contributed by atoms with Crippen LogP contribution in [-0.2, 0) is 9.59 Å². The Kier molecular flexibility index (Phi) is 1.20. The Bertz CT molecular complexity index is 310. The first-order valence-corrected chi connectivity index (χ1v) is 4.22. The molecule has 0 heterocycles. The monoisotopic (exact) mass is 164 g/mol. The average Bonchev–Trinajstić information content (AvgIpc) is 2.50. The van der Waals surface area contributed by atoms with Crippen molar-refractivity contribution in [1.82, 2.24) is 0 Å². The minimum atomic E-state index is -0.0809. The van der Waals surface area contributed by atoms with Crippen LogP contribution in [0.3, 0.4) is 0 Å². The van der Waals surface area contributed by atoms with Gasteiger partial charge in [-0.15, -0.1) is 0 Å². The second-order valence-corrected chi connectivity index (χ2v) is 4.37. The molecule has 0 aliphatic heterocycles. The van der Waals surface area contributed by atoms with Crippen molar-refractivity contribution in [2.24, 2.45) is 17.3 Å². The van der Waals surface area contributed by atoms with Gasteiger partial charge in [-0.05, 0) is 24.0 Å². The zero-order valence-corrected chi connectivity index (χ0v) is 7.55. The molecule has 0 radical (unpaired) electrons. The Morgan fingerprint density at radius 3 is 2.42 bits per heavy atom. The molecule has 12 heavy (non-hydrogen) atoms. The zero-order chi connectivity index (χ0) is 9.09. The van der Waals surface area contributed by atoms with Crippen molar-refractivity contribution in [2.75, 3.05) is 0 Å². The van der Waals surface area contributed by atoms with Gasteiger partial charge in [0.1, 0.15) is 0 Å². The molecule has 0 spiro atoms. The van der Waals surface area contributed by atoms with Gasteiger partial charge in [0.2, 0.25) is 0 Å². The number of ketones is 2. The summed E-state index contributed by atoms with van der Waals surface area (Å²) < 4.78 is 0. The lowest BCUT2D eigenvalue weighted by Gasteiger charge is -2.03. The van der Waals surface area contributed by atoms with Crippen molar-refractivity contribution in [3.8, 4) is 0 Å². The first-order chi connectivity index (χ1) is 5.46. The van der Waals surface area contributed by atoms with Gasteiger partial charge in [-0.2, -0.15) is 0 Å². The highest BCUT2D eigenvalue weighted by Crippen LogP contribution is 2.61. The van der Waals surface area contributed by atoms with Crippen molar-refractivity contribution >= 4 is 11.6 Å². The number of carbonyl (C=O) groups excluding carboxylic acids is 2. The third kappa shape index (κ3) is 0.701. The maximum Gasteiger partial charge on any atom is 0.163 e. The Labute approximate surface area is 71.6 Å². The van der Waals surface area contributed by atoms with Gasteiger partial charge in [0, 0.05) is 11.8 Å². The third-order valence-corrected chi connectivity index (χ3v) is 3.16. The van der Waals surface area contributed by atoms with Crippen molar-refractivity contribution in [1.29, 1.82) is 0 Å². The summed E-state index contributed by atoms with van der Waals surface area (Å²) in [7, 11) is 0. The molecule has 1 saturated carbocycles. The largest absolute Gasteiger partial charge is 0.294 e. The minimum absolute atomic E-state index is 0.0185. The Morgan fingerprint density at radius 1 is 1.25 bits per heavy atom. The van der Waals surface area contributed by atoms with Crippen LogP contribution in [0.2, 0.25) is 0 Å². The highest BCUT2D eigenvalue weighted by Gasteiger charge is 2.65. The average molecular weight is 164 g/mol. The van der Waals surface area contributed by atoms with Crippen LogP contribution in [0.1, 0.15) is 20.8 Å². The molecular formula is C10H12O2. The van der Waals surface area contributed by atoms with Crippen LogP contribution in [0, 0.1) is 17.3 Å². The Hall–Kier alpha value is -0.920. The first kappa shape index (κ1) is 7.71. The Morgan fingerprint density at radius 2 is 1.83 bits per heavy atom. The van der Waals surface area contributed by atoms with Gasteiger partial charge >= 0.3 is 0 Å². The van der Waals surface area contributed by atoms with E-state index in [2.05, 4.69) is 0 Å². The number of rotatable bonds is 0. The fourth-order valence-electron chi connectivity index (χ4n) is 2.28. The second kappa shape index (κ2) is 1.87. The summed E-state index contributed by atoms with van der Waals surface area (Å²) in [5.74, 6) is 0.274. The van der Waals surface area contributed by atoms with E-state index in [1.165, 1.54) is 6.08 Å². The van der Waals surface area contributed by atoms with Crippen LogP contribution < -0.4 is 0 Å². The summed E-state index contributed by atoms with van der Waals surface area (Å²) in [6.45, 7) is 5.71. The quantitative estimate of drug-likeness (QED) is 0.541. The number of allylic oxidation sites excluding steroid dienone is 2. The summed E-state index contributed by atoms with van der Waals surface area (Å²) in [6, 6.07) is 0. The van der Waals surface area contributed by atoms with Gasteiger partial charge in [-0.3, -0.25) is 9.59 Å². The summed E-state index contributed by atoms with van der Waals surface area (Å²) >= 11 is 0. The van der Waals surface area contributed by atoms with Crippen LogP contribution in [0.4, 0.5) is 0 Å². The second-order valence-electron chi connectivity index (χ2n) is 4.37. The number of hydrogen-bond donors (Lipinski definition) is 0. The van der Waals surface area contributed by atoms with Gasteiger partial charge < -0.3 is 0 Å². The highest BCUT2D eigenvalue weighted by molar-refractivity contribution is 6.14. The van der Waals surface area contributed by atoms with E-state index >= 15 is 0 Å². The molecular weight excluding hydrogens is 152 g/mol. The van der Waals surface area contributed by atoms with E-state index in [1.807, 2.05) is 13.8 Å². The standard InChI is InChI=1S/C10H12O2/c1-5-4-6(11)7-8(9(5)12)10(7,2)3/h4,7-8H,1-3H3/t7-,8+/m0/s1. The SMILES string of the molecule is CC1=CC(=O)[C@H]2[C@H](C1=O)C2(C)C. The number of carbonyl (C=O) groups is 2. The molecule has 2 atom stereocenters. The highest BCUT2D eigenvalue weighted by atomic mass is 16.1. The molecule has 0 aromatic carbocycles. The normalized spacial score (nSPS) is 37.4. The molecule has 2 aliphatic rings. The summed E-state index contributed by atoms with van der Waals surface area (Å²) in [5, 5.41) is 0. The predicted molar refractivity (Wildman–Crippen MR) is 44.5 cm³/mol. The third-order valence-electron chi connectivity index (χ3n) is 3.16. The molecule has 2 rings (SSSR count). The molecule has 0 aromatic rings. The molecule has 64 valence electrons. The molecule has 0 bridgehead atoms. The van der Waals surface area contributed by atoms with E-state index in [0.29, 0.717) is 5.57 Å². The van der Waals surface area contributed by atoms with E-state index in [1.54, 1.807) is 6.92 Å². The van der Waals surface area contributed by atoms with Crippen LogP contribution in [0.25, 0.3) is 0 Å². The van der Waals surface area contributed by atoms with E-state index < -0.39 is 0 Å². The lowest BCUT2D eigenvalue weighted by molar-refractivity contribution is -0.122. The summed E-state index contributed by atoms with van der Waals surface area (Å²) in [6.07, 6.45) is 1.50. The van der Waals surface area contributed by atoms with Gasteiger partial charge in [0.15, 0.2) is 11.6 Å². The molecule has 1 fully saturated rings. The maximum atomic E-state index is 11.5. The van der Waals surface area contributed by atoms with Gasteiger partial charge in [-0.25, -0.2) is 0 Å². The first-order valence-electron chi connectivity index (χ1n) is 4.22. The van der Waals surface area contributed by atoms with Crippen molar-refractivity contribution in [3.05, 3.63) is 11.6 Å². The summed E-state index contributed by atoms with van der Waals surface area (Å²) in [5.41, 5.74) is 0.550. The molecule has 2 aliphatic carbocycles. The molecule has 2 nitrogen and oxygen atoms in total. The van der Waals surface area contributed by atoms with Crippen LogP contribution in [0.5, 0.6) is 0 Å². The molecule has 0 saturated heterocycles. The Balaban J connectivity index is 2.42. The van der Waals surface area contributed by atoms with Crippen molar-refractivity contribution in [3.63, 3.8) is 0 Å². The van der Waals surface area contributed by atoms with E-state index in [0.717, 1.165) is 0 Å². The molecule has 0 amide bonds. The number of fused-ring (bicyclic) bond motifs is 1. The number of hydrogen-bond acceptors (Lipinski definition) is 2. The van der Waals surface area contributed by atoms with Crippen LogP contribution >= 0.6 is 0 Å². The summed E-state index contributed by atoms with van der Waals surface area (Å²) in [4.78, 5) is 22.9. The smallest absolute Gasteiger partial charge is 0.163 e. The lowest BCUT2D eigenvalue weighted by atomic mass is 9.99. The molecule has 2 heteroatoms. The fraction of sp³-hybridized carbons (Fsp3) is 0.600. The number of Topliss-reactive ketones (excluding diaryl/α,β-unsaturated/α-hetero) is 1. The van der Waals surface area contributed by atoms with Gasteiger partial charge in [0.05, 0.1) is 0 Å². The predicted octanol–water partition coefficient (Wildman–Crippen LogP) is 1.36. The van der Waals surface area contributed by atoms with Crippen LogP contribution in [-0.4, -0.2) is 11.6 Å². The molecule has 0 N–H and O–H groups in total. The van der Waals surface area contributed by atoms with E-state index in [9.17, 15) is 9.59 Å². The van der Waals surface area contributed by atoms with Crippen molar-refractivity contribution < 1.29 is 9.59 Å². The maximum absolute atomic E-state index is 11.5. The van der Waals surface area contributed by atoms with Crippen molar-refractivity contribution in [2.45, 2.75) is 20.8 Å². The molecule has 0 aromatic heterocycles.